The van der Waals surface area contributed by atoms with Crippen LogP contribution in [-0.2, 0) is 51.2 Å². The van der Waals surface area contributed by atoms with Crippen LogP contribution in [0.15, 0.2) is 28.0 Å². The Kier molecular flexibility index (Phi) is 8.02. The van der Waals surface area contributed by atoms with Gasteiger partial charge in [-0.2, -0.15) is 4.99 Å². The zero-order valence-corrected chi connectivity index (χ0v) is 26.4. The second-order valence-electron chi connectivity index (χ2n) is 10.0. The lowest BCUT2D eigenvalue weighted by Gasteiger charge is -2.30. The number of carbonyl (C=O) groups is 1. The number of rotatable bonds is 2. The molecule has 0 spiro atoms. The van der Waals surface area contributed by atoms with Crippen LogP contribution < -0.4 is 11.1 Å². The van der Waals surface area contributed by atoms with Crippen molar-refractivity contribution in [1.29, 1.82) is 5.41 Å². The van der Waals surface area contributed by atoms with E-state index in [1.165, 1.54) is 10.9 Å². The number of imidazole rings is 1. The number of thioether (sulfide) groups is 1. The molecule has 7 heterocycles. The van der Waals surface area contributed by atoms with Crippen molar-refractivity contribution in [1.82, 2.24) is 29.8 Å². The first kappa shape index (κ1) is 31.4. The third-order valence-corrected chi connectivity index (χ3v) is 11.8. The molecule has 5 aliphatic rings. The number of nitrogens with one attached hydrogen (secondary N) is 2. The molecule has 3 saturated heterocycles. The van der Waals surface area contributed by atoms with Gasteiger partial charge in [0.15, 0.2) is 29.7 Å². The standard InChI is InChI=1S/C19H21F2N11O8P2S3/c20-7-6-2-37-42(35,44)39-11-5(38-17(8(11)21)31-4-26-9-13(22)24-3-25-14(9)31)1-36-41(34,43)40-12(7)18(45-6)32-15-10(29-30-32)16(33)28-19(23)27-15/h3-8,10-12,17-18H,1-2H2,(H,34,43)(H,35,44)(H2,22,24,25)(H2,23,28,33)/t5-,6-,7-,8+,10?,11-,12-,17-,18-,41?,42?/m1/s1. The number of nitrogens with two attached hydrogens (primary N) is 1. The summed E-state index contributed by atoms with van der Waals surface area (Å²) in [7, 11) is 0. The number of halogens is 2. The summed E-state index contributed by atoms with van der Waals surface area (Å²) in [6.45, 7) is -9.78. The number of hydrogen-bond donors (Lipinski definition) is 5. The number of fused-ring (bicyclic) bond motifs is 5. The number of aliphatic imine (C=N–C) groups is 1. The molecule has 0 aliphatic carbocycles. The highest BCUT2D eigenvalue weighted by atomic mass is 32.5. The lowest BCUT2D eigenvalue weighted by Crippen LogP contribution is -2.51. The smallest absolute Gasteiger partial charge is 0.325 e. The molecule has 2 aromatic heterocycles. The lowest BCUT2D eigenvalue weighted by atomic mass is 10.1. The third-order valence-electron chi connectivity index (χ3n) is 7.21. The van der Waals surface area contributed by atoms with Crippen LogP contribution in [0, 0.1) is 5.41 Å². The SMILES string of the molecule is N=C1N=C2C(N=NN2[C@@H]2S[C@@H]3COP(O)(=S)O[C@H]4[C@H](F)[C@H](n5cnc6c(N)ncnc65)O[C@@H]4COP(O)(=S)O[C@@H]2[C@@H]3F)C(=O)N1. The first-order chi connectivity index (χ1) is 21.3. The predicted molar refractivity (Wildman–Crippen MR) is 157 cm³/mol. The van der Waals surface area contributed by atoms with E-state index in [4.69, 9.17) is 57.6 Å². The van der Waals surface area contributed by atoms with E-state index in [1.807, 2.05) is 0 Å². The fraction of sp³-hybridized carbons (Fsp3) is 0.579. The molecule has 0 saturated carbocycles. The van der Waals surface area contributed by atoms with Gasteiger partial charge in [-0.1, -0.05) is 5.22 Å². The number of amides is 1. The van der Waals surface area contributed by atoms with E-state index < -0.39 is 92.1 Å². The molecule has 45 heavy (non-hydrogen) atoms. The van der Waals surface area contributed by atoms with Gasteiger partial charge < -0.3 is 29.3 Å². The van der Waals surface area contributed by atoms with E-state index in [-0.39, 0.29) is 22.8 Å². The fourth-order valence-electron chi connectivity index (χ4n) is 5.20. The van der Waals surface area contributed by atoms with Crippen LogP contribution in [0.2, 0.25) is 0 Å². The molecule has 242 valence electrons. The van der Waals surface area contributed by atoms with E-state index in [2.05, 4.69) is 35.6 Å². The van der Waals surface area contributed by atoms with Gasteiger partial charge in [0.25, 0.3) is 5.91 Å². The number of amidine groups is 1. The molecular weight excluding hydrogens is 706 g/mol. The lowest BCUT2D eigenvalue weighted by molar-refractivity contribution is -0.119. The van der Waals surface area contributed by atoms with Crippen molar-refractivity contribution < 1.29 is 46.2 Å². The van der Waals surface area contributed by atoms with Crippen LogP contribution in [-0.4, -0.2) is 113 Å². The minimum Gasteiger partial charge on any atom is -0.382 e. The van der Waals surface area contributed by atoms with Crippen molar-refractivity contribution in [3.8, 4) is 0 Å². The Balaban J connectivity index is 1.17. The van der Waals surface area contributed by atoms with Crippen molar-refractivity contribution >= 4 is 83.5 Å². The molecule has 0 radical (unpaired) electrons. The molecule has 26 heteroatoms. The zero-order chi connectivity index (χ0) is 31.8. The molecule has 6 N–H and O–H groups in total. The summed E-state index contributed by atoms with van der Waals surface area (Å²) in [6.07, 6.45) is -7.52. The van der Waals surface area contributed by atoms with Gasteiger partial charge in [0, 0.05) is 0 Å². The number of ether oxygens (including phenoxy) is 1. The maximum atomic E-state index is 16.0. The first-order valence-electron chi connectivity index (χ1n) is 12.8. The van der Waals surface area contributed by atoms with E-state index >= 15 is 8.78 Å². The number of hydrogen-bond acceptors (Lipinski definition) is 17. The number of carbonyl (C=O) groups excluding carboxylic acids is 1. The van der Waals surface area contributed by atoms with Gasteiger partial charge in [-0.25, -0.2) is 28.7 Å². The van der Waals surface area contributed by atoms with Crippen molar-refractivity contribution in [3.05, 3.63) is 12.7 Å². The molecule has 2 aromatic rings. The molecule has 3 fully saturated rings. The summed E-state index contributed by atoms with van der Waals surface area (Å²) < 4.78 is 61.2. The maximum Gasteiger partial charge on any atom is 0.325 e. The van der Waals surface area contributed by atoms with Crippen LogP contribution in [0.5, 0.6) is 0 Å². The second-order valence-corrected chi connectivity index (χ2v) is 17.0. The summed E-state index contributed by atoms with van der Waals surface area (Å²) in [5.41, 5.74) is 6.17. The van der Waals surface area contributed by atoms with Crippen LogP contribution in [0.4, 0.5) is 14.6 Å². The Labute approximate surface area is 264 Å². The van der Waals surface area contributed by atoms with Crippen molar-refractivity contribution in [2.24, 2.45) is 15.3 Å². The topological polar surface area (TPSA) is 249 Å². The molecule has 1 amide bonds. The highest BCUT2D eigenvalue weighted by Gasteiger charge is 2.56. The maximum absolute atomic E-state index is 16.0. The number of aromatic nitrogens is 4. The van der Waals surface area contributed by atoms with Gasteiger partial charge >= 0.3 is 13.4 Å². The van der Waals surface area contributed by atoms with E-state index in [0.717, 1.165) is 23.1 Å². The Bertz CT molecular complexity index is 1740. The van der Waals surface area contributed by atoms with Gasteiger partial charge in [0.05, 0.1) is 24.8 Å². The summed E-state index contributed by atoms with van der Waals surface area (Å²) in [6, 6.07) is -1.20. The Morgan fingerprint density at radius 2 is 1.84 bits per heavy atom. The van der Waals surface area contributed by atoms with Crippen LogP contribution in [0.1, 0.15) is 6.23 Å². The molecule has 7 rings (SSSR count). The molecule has 2 bridgehead atoms. The monoisotopic (exact) mass is 727 g/mol. The molecule has 19 nitrogen and oxygen atoms in total. The first-order valence-corrected chi connectivity index (χ1v) is 19.0. The van der Waals surface area contributed by atoms with E-state index in [9.17, 15) is 14.6 Å². The van der Waals surface area contributed by atoms with Gasteiger partial charge in [-0.3, -0.25) is 29.1 Å². The molecule has 11 atom stereocenters. The van der Waals surface area contributed by atoms with Crippen LogP contribution in [0.3, 0.4) is 0 Å². The number of guanidine groups is 1. The van der Waals surface area contributed by atoms with Gasteiger partial charge in [-0.05, 0) is 23.6 Å². The fourth-order valence-corrected chi connectivity index (χ4v) is 9.68. The zero-order valence-electron chi connectivity index (χ0n) is 22.1. The highest BCUT2D eigenvalue weighted by molar-refractivity contribution is 8.07. The highest BCUT2D eigenvalue weighted by Crippen LogP contribution is 2.56. The van der Waals surface area contributed by atoms with E-state index in [1.54, 1.807) is 0 Å². The average molecular weight is 728 g/mol. The number of nitrogens with zero attached hydrogens (tertiary/aromatic N) is 8. The summed E-state index contributed by atoms with van der Waals surface area (Å²) in [5, 5.41) is 16.6. The van der Waals surface area contributed by atoms with E-state index in [0.29, 0.717) is 0 Å². The Morgan fingerprint density at radius 3 is 2.62 bits per heavy atom. The Hall–Kier alpha value is -2.21. The Morgan fingerprint density at radius 1 is 1.11 bits per heavy atom. The van der Waals surface area contributed by atoms with Crippen molar-refractivity contribution in [2.75, 3.05) is 18.9 Å². The summed E-state index contributed by atoms with van der Waals surface area (Å²) in [4.78, 5) is 50.3. The van der Waals surface area contributed by atoms with Gasteiger partial charge in [0.2, 0.25) is 12.0 Å². The quantitative estimate of drug-likeness (QED) is 0.259. The molecule has 5 aliphatic heterocycles. The normalized spacial score (nSPS) is 42.0. The van der Waals surface area contributed by atoms with Gasteiger partial charge in [-0.15, -0.1) is 16.9 Å². The average Bonchev–Trinajstić information content (AvgIpc) is 3.72. The van der Waals surface area contributed by atoms with Crippen molar-refractivity contribution in [3.63, 3.8) is 0 Å². The number of alkyl halides is 2. The number of nitrogen functional groups attached to an aromatic ring is 1. The van der Waals surface area contributed by atoms with Crippen LogP contribution in [0.25, 0.3) is 11.2 Å². The molecule has 3 unspecified atom stereocenters. The predicted octanol–water partition coefficient (Wildman–Crippen LogP) is 0.189. The van der Waals surface area contributed by atoms with Crippen molar-refractivity contribution in [2.45, 2.75) is 53.5 Å². The minimum atomic E-state index is -4.32. The molecular formula is C19H21F2N11O8P2S3. The summed E-state index contributed by atoms with van der Waals surface area (Å²) in [5.74, 6) is -1.17. The third kappa shape index (κ3) is 5.69. The van der Waals surface area contributed by atoms with Crippen LogP contribution >= 0.6 is 25.2 Å². The number of anilines is 1. The second kappa shape index (κ2) is 11.5. The molecule has 0 aromatic carbocycles. The largest absolute Gasteiger partial charge is 0.382 e. The minimum absolute atomic E-state index is 0.0478. The van der Waals surface area contributed by atoms with Gasteiger partial charge in [0.1, 0.15) is 41.7 Å². The summed E-state index contributed by atoms with van der Waals surface area (Å²) >= 11 is 11.2.